The minimum Gasteiger partial charge on any atom is -0.481 e. The first kappa shape index (κ1) is 42.2. The Kier molecular flexibility index (Phi) is 17.9. The molecule has 1 rings (SSSR count). The van der Waals surface area contributed by atoms with Crippen molar-refractivity contribution < 1.29 is 53.7 Å². The molecule has 20 nitrogen and oxygen atoms in total. The second-order valence-electron chi connectivity index (χ2n) is 11.3. The summed E-state index contributed by atoms with van der Waals surface area (Å²) < 4.78 is 0. The van der Waals surface area contributed by atoms with Gasteiger partial charge in [0, 0.05) is 19.4 Å². The lowest BCUT2D eigenvalue weighted by Gasteiger charge is -2.26. The van der Waals surface area contributed by atoms with E-state index >= 15 is 0 Å². The lowest BCUT2D eigenvalue weighted by molar-refractivity contribution is -0.142. The molecule has 1 aromatic rings. The van der Waals surface area contributed by atoms with E-state index in [-0.39, 0.29) is 31.8 Å². The maximum atomic E-state index is 13.7. The molecular formula is C30H45N9O11. The van der Waals surface area contributed by atoms with Gasteiger partial charge in [-0.2, -0.15) is 0 Å². The van der Waals surface area contributed by atoms with Gasteiger partial charge in [-0.25, -0.2) is 0 Å². The lowest BCUT2D eigenvalue weighted by Crippen LogP contribution is -2.59. The van der Waals surface area contributed by atoms with Crippen molar-refractivity contribution in [2.24, 2.45) is 22.2 Å². The van der Waals surface area contributed by atoms with Gasteiger partial charge in [0.25, 0.3) is 0 Å². The van der Waals surface area contributed by atoms with Gasteiger partial charge in [0.15, 0.2) is 5.96 Å². The number of guanidine groups is 1. The minimum atomic E-state index is -1.54. The molecule has 0 radical (unpaired) electrons. The number of carbonyl (C=O) groups is 8. The number of amides is 5. The average Bonchev–Trinajstić information content (AvgIpc) is 3.03. The minimum absolute atomic E-state index is 0.0380. The molecule has 0 aromatic heterocycles. The molecule has 1 aromatic carbocycles. The standard InChI is InChI=1S/C30H45N9O11/c1-15(35-25(45)18(31)14-23(42)43)24(44)37-20(10-11-22(40)41)27(47)39-21(13-17-7-4-3-5-8-17)28(48)38-19(9-6-12-34-30(32)33)26(46)36-16(2)29(49)50/h3-5,7-8,15-16,18-21H,6,9-14,31H2,1-2H3,(H,35,45)(H,36,46)(H,37,44)(H,38,48)(H,39,47)(H,40,41)(H,42,43)(H,49,50)(H4,32,33,34)/t15-,16-,18-,19-,20-,21-/m0/s1. The number of rotatable bonds is 22. The Morgan fingerprint density at radius 2 is 1.20 bits per heavy atom. The van der Waals surface area contributed by atoms with Gasteiger partial charge in [-0.15, -0.1) is 0 Å². The Labute approximate surface area is 287 Å². The van der Waals surface area contributed by atoms with E-state index in [4.69, 9.17) is 22.3 Å². The predicted molar refractivity (Wildman–Crippen MR) is 176 cm³/mol. The van der Waals surface area contributed by atoms with Gasteiger partial charge in [0.2, 0.25) is 29.5 Å². The van der Waals surface area contributed by atoms with Crippen LogP contribution in [0.1, 0.15) is 51.5 Å². The van der Waals surface area contributed by atoms with E-state index in [2.05, 4.69) is 31.6 Å². The maximum Gasteiger partial charge on any atom is 0.325 e. The third-order valence-electron chi connectivity index (χ3n) is 6.99. The first-order valence-electron chi connectivity index (χ1n) is 15.4. The molecule has 0 unspecified atom stereocenters. The third-order valence-corrected chi connectivity index (χ3v) is 6.99. The molecule has 0 bridgehead atoms. The lowest BCUT2D eigenvalue weighted by atomic mass is 10.0. The average molecular weight is 708 g/mol. The van der Waals surface area contributed by atoms with E-state index in [1.807, 2.05) is 0 Å². The van der Waals surface area contributed by atoms with Crippen LogP contribution in [0.15, 0.2) is 35.3 Å². The molecule has 0 spiro atoms. The van der Waals surface area contributed by atoms with Crippen molar-refractivity contribution in [3.63, 3.8) is 0 Å². The van der Waals surface area contributed by atoms with Crippen molar-refractivity contribution in [2.45, 2.75) is 88.6 Å². The van der Waals surface area contributed by atoms with Crippen molar-refractivity contribution in [1.29, 1.82) is 0 Å². The van der Waals surface area contributed by atoms with Gasteiger partial charge in [0.05, 0.1) is 12.5 Å². The molecule has 0 aliphatic carbocycles. The number of carboxylic acids is 3. The molecule has 0 aliphatic heterocycles. The number of nitrogens with zero attached hydrogens (tertiary/aromatic N) is 1. The second kappa shape index (κ2) is 21.2. The fourth-order valence-electron chi connectivity index (χ4n) is 4.25. The number of carboxylic acid groups (broad SMARTS) is 3. The van der Waals surface area contributed by atoms with Gasteiger partial charge < -0.3 is 59.1 Å². The number of carbonyl (C=O) groups excluding carboxylic acids is 5. The van der Waals surface area contributed by atoms with E-state index < -0.39 is 103 Å². The predicted octanol–water partition coefficient (Wildman–Crippen LogP) is -3.50. The third kappa shape index (κ3) is 16.4. The van der Waals surface area contributed by atoms with Crippen molar-refractivity contribution in [1.82, 2.24) is 26.6 Å². The van der Waals surface area contributed by atoms with Crippen molar-refractivity contribution >= 4 is 53.4 Å². The van der Waals surface area contributed by atoms with Crippen LogP contribution in [0.3, 0.4) is 0 Å². The van der Waals surface area contributed by atoms with E-state index in [1.165, 1.54) is 13.8 Å². The quantitative estimate of drug-likeness (QED) is 0.0316. The van der Waals surface area contributed by atoms with Gasteiger partial charge in [0.1, 0.15) is 30.2 Å². The highest BCUT2D eigenvalue weighted by Gasteiger charge is 2.32. The Hall–Kier alpha value is -5.79. The number of hydrogen-bond acceptors (Lipinski definition) is 10. The molecule has 0 fully saturated rings. The number of nitrogens with one attached hydrogen (secondary N) is 5. The summed E-state index contributed by atoms with van der Waals surface area (Å²) in [5.41, 5.74) is 16.8. The van der Waals surface area contributed by atoms with Crippen LogP contribution in [0, 0.1) is 0 Å². The fourth-order valence-corrected chi connectivity index (χ4v) is 4.25. The molecule has 14 N–H and O–H groups in total. The van der Waals surface area contributed by atoms with Crippen molar-refractivity contribution in [3.8, 4) is 0 Å². The van der Waals surface area contributed by atoms with Crippen LogP contribution in [-0.4, -0.2) is 112 Å². The Bertz CT molecular complexity index is 1400. The zero-order valence-electron chi connectivity index (χ0n) is 27.6. The Morgan fingerprint density at radius 3 is 1.76 bits per heavy atom. The number of hydrogen-bond donors (Lipinski definition) is 11. The summed E-state index contributed by atoms with van der Waals surface area (Å²) in [5, 5.41) is 39.2. The first-order chi connectivity index (χ1) is 23.4. The van der Waals surface area contributed by atoms with Gasteiger partial charge >= 0.3 is 17.9 Å². The highest BCUT2D eigenvalue weighted by molar-refractivity contribution is 5.96. The molecule has 50 heavy (non-hydrogen) atoms. The smallest absolute Gasteiger partial charge is 0.325 e. The summed E-state index contributed by atoms with van der Waals surface area (Å²) in [5.74, 6) is -8.79. The van der Waals surface area contributed by atoms with Crippen LogP contribution in [0.25, 0.3) is 0 Å². The first-order valence-corrected chi connectivity index (χ1v) is 15.4. The number of aliphatic carboxylic acids is 3. The summed E-state index contributed by atoms with van der Waals surface area (Å²) in [7, 11) is 0. The van der Waals surface area contributed by atoms with E-state index in [0.29, 0.717) is 5.56 Å². The van der Waals surface area contributed by atoms with Crippen LogP contribution >= 0.6 is 0 Å². The Balaban J connectivity index is 3.29. The molecule has 276 valence electrons. The SMILES string of the molecule is C[C@H](NC(=O)[C@H](CCCN=C(N)N)NC(=O)[C@H](Cc1ccccc1)NC(=O)[C@H](CCC(=O)O)NC(=O)[C@H](C)NC(=O)[C@@H](N)CC(=O)O)C(=O)O. The maximum absolute atomic E-state index is 13.7. The number of nitrogens with two attached hydrogens (primary N) is 3. The number of aliphatic imine (C=N–C) groups is 1. The van der Waals surface area contributed by atoms with Crippen LogP contribution in [0.4, 0.5) is 0 Å². The summed E-state index contributed by atoms with van der Waals surface area (Å²) in [6, 6.07) is 0.0217. The summed E-state index contributed by atoms with van der Waals surface area (Å²) in [6.45, 7) is 2.53. The van der Waals surface area contributed by atoms with Crippen LogP contribution < -0.4 is 43.8 Å². The Morgan fingerprint density at radius 1 is 0.680 bits per heavy atom. The molecule has 0 aliphatic rings. The number of benzene rings is 1. The summed E-state index contributed by atoms with van der Waals surface area (Å²) in [6.07, 6.45) is -1.71. The normalized spacial score (nSPS) is 14.2. The van der Waals surface area contributed by atoms with E-state index in [0.717, 1.165) is 0 Å². The van der Waals surface area contributed by atoms with Crippen LogP contribution in [-0.2, 0) is 44.8 Å². The highest BCUT2D eigenvalue weighted by Crippen LogP contribution is 2.08. The van der Waals surface area contributed by atoms with Crippen LogP contribution in [0.5, 0.6) is 0 Å². The van der Waals surface area contributed by atoms with Crippen LogP contribution in [0.2, 0.25) is 0 Å². The molecule has 20 heteroatoms. The van der Waals surface area contributed by atoms with Gasteiger partial charge in [-0.3, -0.25) is 43.3 Å². The van der Waals surface area contributed by atoms with Gasteiger partial charge in [-0.1, -0.05) is 30.3 Å². The highest BCUT2D eigenvalue weighted by atomic mass is 16.4. The molecule has 0 saturated heterocycles. The van der Waals surface area contributed by atoms with Crippen molar-refractivity contribution in [2.75, 3.05) is 6.54 Å². The molecular weight excluding hydrogens is 662 g/mol. The van der Waals surface area contributed by atoms with E-state index in [9.17, 15) is 48.6 Å². The zero-order valence-corrected chi connectivity index (χ0v) is 27.6. The molecule has 6 atom stereocenters. The van der Waals surface area contributed by atoms with Crippen molar-refractivity contribution in [3.05, 3.63) is 35.9 Å². The summed E-state index contributed by atoms with van der Waals surface area (Å²) in [4.78, 5) is 103. The monoisotopic (exact) mass is 707 g/mol. The molecule has 0 saturated carbocycles. The largest absolute Gasteiger partial charge is 0.481 e. The molecule has 5 amide bonds. The second-order valence-corrected chi connectivity index (χ2v) is 11.3. The zero-order chi connectivity index (χ0) is 38.0. The molecule has 0 heterocycles. The fraction of sp³-hybridized carbons (Fsp3) is 0.500. The van der Waals surface area contributed by atoms with Gasteiger partial charge in [-0.05, 0) is 38.7 Å². The topological polar surface area (TPSA) is 348 Å². The summed E-state index contributed by atoms with van der Waals surface area (Å²) >= 11 is 0. The van der Waals surface area contributed by atoms with E-state index in [1.54, 1.807) is 30.3 Å².